The Kier molecular flexibility index (Phi) is 6.43. The van der Waals surface area contributed by atoms with Gasteiger partial charge >= 0.3 is 6.09 Å². The van der Waals surface area contributed by atoms with Crippen LogP contribution < -0.4 is 11.1 Å². The molecular weight excluding hydrogens is 270 g/mol. The number of aliphatic hydroxyl groups excluding tert-OH is 1. The number of carbonyl (C=O) groups is 1. The third kappa shape index (κ3) is 5.80. The predicted molar refractivity (Wildman–Crippen MR) is 83.1 cm³/mol. The molecule has 0 aromatic carbocycles. The zero-order valence-electron chi connectivity index (χ0n) is 13.8. The minimum absolute atomic E-state index is 0.217. The SMILES string of the molecule is CNC[C@H](O)C[C@@]1(CN)CCCN(C(=O)OC(C)(C)C)C1. The number of aliphatic hydroxyl groups is 1. The summed E-state index contributed by atoms with van der Waals surface area (Å²) in [5.74, 6) is 0. The number of likely N-dealkylation sites (N-methyl/N-ethyl adjacent to an activating group) is 1. The Balaban J connectivity index is 2.69. The zero-order chi connectivity index (χ0) is 16.1. The molecule has 0 saturated carbocycles. The van der Waals surface area contributed by atoms with Crippen LogP contribution in [0.5, 0.6) is 0 Å². The number of carbonyl (C=O) groups excluding carboxylic acids is 1. The maximum absolute atomic E-state index is 12.2. The third-order valence-electron chi connectivity index (χ3n) is 3.85. The molecule has 4 N–H and O–H groups in total. The van der Waals surface area contributed by atoms with Crippen molar-refractivity contribution < 1.29 is 14.6 Å². The van der Waals surface area contributed by atoms with Crippen LogP contribution in [-0.4, -0.2) is 61.0 Å². The van der Waals surface area contributed by atoms with E-state index in [9.17, 15) is 9.90 Å². The van der Waals surface area contributed by atoms with Gasteiger partial charge in [0.05, 0.1) is 6.10 Å². The van der Waals surface area contributed by atoms with Gasteiger partial charge in [0.15, 0.2) is 0 Å². The average molecular weight is 301 g/mol. The molecule has 0 spiro atoms. The molecule has 1 saturated heterocycles. The molecule has 6 nitrogen and oxygen atoms in total. The number of nitrogens with one attached hydrogen (secondary N) is 1. The molecule has 2 atom stereocenters. The van der Waals surface area contributed by atoms with Gasteiger partial charge in [-0.25, -0.2) is 4.79 Å². The van der Waals surface area contributed by atoms with Crippen molar-refractivity contribution in [3.8, 4) is 0 Å². The van der Waals surface area contributed by atoms with E-state index in [4.69, 9.17) is 10.5 Å². The second kappa shape index (κ2) is 7.42. The standard InChI is InChI=1S/C15H31N3O3/c1-14(2,3)21-13(20)18-7-5-6-15(10-16,11-18)8-12(19)9-17-4/h12,17,19H,5-11,16H2,1-4H3/t12-,15-/m1/s1. The van der Waals surface area contributed by atoms with Crippen molar-refractivity contribution >= 4 is 6.09 Å². The molecule has 124 valence electrons. The van der Waals surface area contributed by atoms with Crippen LogP contribution in [0.3, 0.4) is 0 Å². The summed E-state index contributed by atoms with van der Waals surface area (Å²) < 4.78 is 5.44. The molecule has 0 radical (unpaired) electrons. The molecule has 1 aliphatic heterocycles. The Labute approximate surface area is 128 Å². The lowest BCUT2D eigenvalue weighted by atomic mass is 9.75. The fourth-order valence-electron chi connectivity index (χ4n) is 2.91. The van der Waals surface area contributed by atoms with Gasteiger partial charge in [0.25, 0.3) is 0 Å². The van der Waals surface area contributed by atoms with Crippen molar-refractivity contribution in [3.63, 3.8) is 0 Å². The maximum Gasteiger partial charge on any atom is 0.410 e. The minimum Gasteiger partial charge on any atom is -0.444 e. The maximum atomic E-state index is 12.2. The molecule has 0 aromatic rings. The number of amides is 1. The van der Waals surface area contributed by atoms with Gasteiger partial charge in [-0.3, -0.25) is 0 Å². The Morgan fingerprint density at radius 2 is 2.19 bits per heavy atom. The second-order valence-electron chi connectivity index (χ2n) is 7.13. The van der Waals surface area contributed by atoms with Crippen LogP contribution in [0.4, 0.5) is 4.79 Å². The van der Waals surface area contributed by atoms with Crippen LogP contribution in [0.25, 0.3) is 0 Å². The van der Waals surface area contributed by atoms with Gasteiger partial charge in [-0.05, 0) is 53.6 Å². The molecule has 1 amide bonds. The first-order chi connectivity index (χ1) is 9.71. The monoisotopic (exact) mass is 301 g/mol. The Morgan fingerprint density at radius 3 is 2.71 bits per heavy atom. The minimum atomic E-state index is -0.494. The molecule has 0 aromatic heterocycles. The molecule has 1 aliphatic rings. The van der Waals surface area contributed by atoms with Crippen LogP contribution in [0.15, 0.2) is 0 Å². The van der Waals surface area contributed by atoms with E-state index in [0.717, 1.165) is 12.8 Å². The highest BCUT2D eigenvalue weighted by Gasteiger charge is 2.38. The molecular formula is C15H31N3O3. The first-order valence-electron chi connectivity index (χ1n) is 7.72. The van der Waals surface area contributed by atoms with Crippen molar-refractivity contribution in [2.24, 2.45) is 11.1 Å². The van der Waals surface area contributed by atoms with Crippen molar-refractivity contribution in [2.45, 2.75) is 51.7 Å². The lowest BCUT2D eigenvalue weighted by molar-refractivity contribution is -0.00539. The summed E-state index contributed by atoms with van der Waals surface area (Å²) in [6.45, 7) is 7.84. The Hall–Kier alpha value is -0.850. The van der Waals surface area contributed by atoms with E-state index in [0.29, 0.717) is 32.6 Å². The number of likely N-dealkylation sites (tertiary alicyclic amines) is 1. The van der Waals surface area contributed by atoms with E-state index >= 15 is 0 Å². The number of piperidine rings is 1. The van der Waals surface area contributed by atoms with Gasteiger partial charge < -0.3 is 25.8 Å². The summed E-state index contributed by atoms with van der Waals surface area (Å²) in [5, 5.41) is 13.0. The van der Waals surface area contributed by atoms with Crippen LogP contribution in [0.1, 0.15) is 40.0 Å². The number of hydrogen-bond acceptors (Lipinski definition) is 5. The quantitative estimate of drug-likeness (QED) is 0.703. The number of nitrogens with zero attached hydrogens (tertiary/aromatic N) is 1. The Morgan fingerprint density at radius 1 is 1.52 bits per heavy atom. The fourth-order valence-corrected chi connectivity index (χ4v) is 2.91. The van der Waals surface area contributed by atoms with E-state index in [-0.39, 0.29) is 11.5 Å². The molecule has 1 heterocycles. The molecule has 6 heteroatoms. The van der Waals surface area contributed by atoms with Crippen molar-refractivity contribution in [2.75, 3.05) is 33.2 Å². The normalized spacial score (nSPS) is 24.8. The number of ether oxygens (including phenoxy) is 1. The van der Waals surface area contributed by atoms with Gasteiger partial charge in [-0.15, -0.1) is 0 Å². The highest BCUT2D eigenvalue weighted by molar-refractivity contribution is 5.68. The molecule has 0 aliphatic carbocycles. The summed E-state index contributed by atoms with van der Waals surface area (Å²) >= 11 is 0. The lowest BCUT2D eigenvalue weighted by Gasteiger charge is -2.43. The number of hydrogen-bond donors (Lipinski definition) is 3. The first kappa shape index (κ1) is 18.2. The average Bonchev–Trinajstić information content (AvgIpc) is 2.37. The summed E-state index contributed by atoms with van der Waals surface area (Å²) in [6.07, 6.45) is 1.69. The fraction of sp³-hybridized carbons (Fsp3) is 0.933. The zero-order valence-corrected chi connectivity index (χ0v) is 13.8. The van der Waals surface area contributed by atoms with Crippen LogP contribution >= 0.6 is 0 Å². The topological polar surface area (TPSA) is 87.8 Å². The molecule has 0 unspecified atom stereocenters. The van der Waals surface area contributed by atoms with Crippen molar-refractivity contribution in [1.82, 2.24) is 10.2 Å². The lowest BCUT2D eigenvalue weighted by Crippen LogP contribution is -2.52. The van der Waals surface area contributed by atoms with Crippen molar-refractivity contribution in [1.29, 1.82) is 0 Å². The summed E-state index contributed by atoms with van der Waals surface area (Å²) in [4.78, 5) is 13.9. The van der Waals surface area contributed by atoms with Crippen molar-refractivity contribution in [3.05, 3.63) is 0 Å². The van der Waals surface area contributed by atoms with Gasteiger partial charge in [0, 0.05) is 25.0 Å². The van der Waals surface area contributed by atoms with Gasteiger partial charge in [0.2, 0.25) is 0 Å². The van der Waals surface area contributed by atoms with Gasteiger partial charge in [-0.2, -0.15) is 0 Å². The Bertz CT molecular complexity index is 344. The van der Waals surface area contributed by atoms with Crippen LogP contribution in [0.2, 0.25) is 0 Å². The van der Waals surface area contributed by atoms with E-state index in [1.807, 2.05) is 27.8 Å². The van der Waals surface area contributed by atoms with Crippen LogP contribution in [-0.2, 0) is 4.74 Å². The van der Waals surface area contributed by atoms with E-state index in [2.05, 4.69) is 5.32 Å². The molecule has 21 heavy (non-hydrogen) atoms. The second-order valence-corrected chi connectivity index (χ2v) is 7.13. The van der Waals surface area contributed by atoms with Gasteiger partial charge in [-0.1, -0.05) is 0 Å². The largest absolute Gasteiger partial charge is 0.444 e. The highest BCUT2D eigenvalue weighted by Crippen LogP contribution is 2.34. The number of rotatable bonds is 5. The third-order valence-corrected chi connectivity index (χ3v) is 3.85. The van der Waals surface area contributed by atoms with Crippen LogP contribution in [0, 0.1) is 5.41 Å². The first-order valence-corrected chi connectivity index (χ1v) is 7.72. The summed E-state index contributed by atoms with van der Waals surface area (Å²) in [7, 11) is 1.81. The smallest absolute Gasteiger partial charge is 0.410 e. The number of nitrogens with two attached hydrogens (primary N) is 1. The highest BCUT2D eigenvalue weighted by atomic mass is 16.6. The van der Waals surface area contributed by atoms with E-state index in [1.54, 1.807) is 4.90 Å². The summed E-state index contributed by atoms with van der Waals surface area (Å²) in [6, 6.07) is 0. The molecule has 1 rings (SSSR count). The molecule has 0 bridgehead atoms. The predicted octanol–water partition coefficient (Wildman–Crippen LogP) is 0.933. The molecule has 1 fully saturated rings. The van der Waals surface area contributed by atoms with E-state index in [1.165, 1.54) is 0 Å². The van der Waals surface area contributed by atoms with E-state index < -0.39 is 11.7 Å². The summed E-state index contributed by atoms with van der Waals surface area (Å²) in [5.41, 5.74) is 5.25. The van der Waals surface area contributed by atoms with Gasteiger partial charge in [0.1, 0.15) is 5.60 Å².